The summed E-state index contributed by atoms with van der Waals surface area (Å²) < 4.78 is 1.63. The normalized spacial score (nSPS) is 19.3. The van der Waals surface area contributed by atoms with Gasteiger partial charge in [0, 0.05) is 12.6 Å². The predicted molar refractivity (Wildman–Crippen MR) is 84.7 cm³/mol. The first-order valence-electron chi connectivity index (χ1n) is 7.52. The minimum absolute atomic E-state index is 0.403. The van der Waals surface area contributed by atoms with Crippen LogP contribution < -0.4 is 0 Å². The second kappa shape index (κ2) is 5.82. The third-order valence-electron chi connectivity index (χ3n) is 4.53. The summed E-state index contributed by atoms with van der Waals surface area (Å²) >= 11 is 6.27. The van der Waals surface area contributed by atoms with Crippen LogP contribution in [0.15, 0.2) is 24.3 Å². The summed E-state index contributed by atoms with van der Waals surface area (Å²) in [6.45, 7) is 1.90. The number of rotatable bonds is 3. The molecule has 1 aliphatic rings. The Hall–Kier alpha value is -1.32. The second-order valence-corrected chi connectivity index (χ2v) is 6.31. The average molecular weight is 305 g/mol. The maximum atomic E-state index is 10.6. The van der Waals surface area contributed by atoms with Gasteiger partial charge in [0.2, 0.25) is 0 Å². The van der Waals surface area contributed by atoms with Gasteiger partial charge in [-0.1, -0.05) is 35.9 Å². The second-order valence-electron chi connectivity index (χ2n) is 5.95. The van der Waals surface area contributed by atoms with E-state index in [1.807, 2.05) is 14.0 Å². The summed E-state index contributed by atoms with van der Waals surface area (Å²) in [6, 6.07) is 8.59. The topological polar surface area (TPSA) is 38.0 Å². The van der Waals surface area contributed by atoms with E-state index in [9.17, 15) is 5.11 Å². The monoisotopic (exact) mass is 304 g/mol. The molecule has 1 heterocycles. The van der Waals surface area contributed by atoms with Crippen molar-refractivity contribution in [3.63, 3.8) is 0 Å². The van der Waals surface area contributed by atoms with Crippen LogP contribution in [0.1, 0.15) is 53.7 Å². The van der Waals surface area contributed by atoms with Gasteiger partial charge in [-0.3, -0.25) is 4.68 Å². The Kier molecular flexibility index (Phi) is 4.05. The Balaban J connectivity index is 1.84. The molecule has 1 aromatic carbocycles. The lowest BCUT2D eigenvalue weighted by molar-refractivity contribution is 0.153. The molecule has 0 aliphatic heterocycles. The van der Waals surface area contributed by atoms with E-state index in [2.05, 4.69) is 29.4 Å². The Bertz CT molecular complexity index is 650. The number of fused-ring (bicyclic) bond motifs is 1. The summed E-state index contributed by atoms with van der Waals surface area (Å²) in [7, 11) is 1.81. The van der Waals surface area contributed by atoms with Crippen molar-refractivity contribution in [2.45, 2.75) is 44.6 Å². The fourth-order valence-electron chi connectivity index (χ4n) is 3.51. The third-order valence-corrected chi connectivity index (χ3v) is 4.98. The summed E-state index contributed by atoms with van der Waals surface area (Å²) in [5.74, 6) is 0.403. The van der Waals surface area contributed by atoms with Crippen LogP contribution in [-0.4, -0.2) is 14.9 Å². The van der Waals surface area contributed by atoms with Crippen LogP contribution in [0, 0.1) is 6.92 Å². The standard InChI is InChI=1S/C17H21ClN2O/c1-11-16(17(18)20(2)19-11)15(21)10-13-8-5-7-12-6-3-4-9-14(12)13/h3-4,6,9,13,15,21H,5,7-8,10H2,1-2H3. The largest absolute Gasteiger partial charge is 0.388 e. The summed E-state index contributed by atoms with van der Waals surface area (Å²) in [5, 5.41) is 15.5. The van der Waals surface area contributed by atoms with Crippen LogP contribution in [0.5, 0.6) is 0 Å². The maximum absolute atomic E-state index is 10.6. The molecule has 2 atom stereocenters. The first-order valence-corrected chi connectivity index (χ1v) is 7.90. The fraction of sp³-hybridized carbons (Fsp3) is 0.471. The van der Waals surface area contributed by atoms with Crippen molar-refractivity contribution in [3.05, 3.63) is 51.8 Å². The van der Waals surface area contributed by atoms with Crippen LogP contribution in [0.25, 0.3) is 0 Å². The van der Waals surface area contributed by atoms with Crippen molar-refractivity contribution < 1.29 is 5.11 Å². The highest BCUT2D eigenvalue weighted by molar-refractivity contribution is 6.30. The van der Waals surface area contributed by atoms with Crippen LogP contribution in [0.4, 0.5) is 0 Å². The van der Waals surface area contributed by atoms with Gasteiger partial charge in [0.15, 0.2) is 0 Å². The van der Waals surface area contributed by atoms with Crippen LogP contribution >= 0.6 is 11.6 Å². The van der Waals surface area contributed by atoms with E-state index < -0.39 is 6.10 Å². The quantitative estimate of drug-likeness (QED) is 0.933. The van der Waals surface area contributed by atoms with Crippen molar-refractivity contribution in [2.24, 2.45) is 7.05 Å². The number of halogens is 1. The Labute approximate surface area is 130 Å². The predicted octanol–water partition coefficient (Wildman–Crippen LogP) is 3.93. The summed E-state index contributed by atoms with van der Waals surface area (Å²) in [4.78, 5) is 0. The van der Waals surface area contributed by atoms with Gasteiger partial charge < -0.3 is 5.11 Å². The lowest BCUT2D eigenvalue weighted by Crippen LogP contribution is -2.13. The first kappa shape index (κ1) is 14.6. The van der Waals surface area contributed by atoms with Gasteiger partial charge in [-0.15, -0.1) is 0 Å². The maximum Gasteiger partial charge on any atom is 0.132 e. The highest BCUT2D eigenvalue weighted by Crippen LogP contribution is 2.39. The summed E-state index contributed by atoms with van der Waals surface area (Å²) in [6.07, 6.45) is 3.63. The molecule has 0 amide bonds. The molecule has 1 N–H and O–H groups in total. The van der Waals surface area contributed by atoms with E-state index in [-0.39, 0.29) is 0 Å². The van der Waals surface area contributed by atoms with Gasteiger partial charge in [-0.2, -0.15) is 5.10 Å². The molecule has 0 fully saturated rings. The SMILES string of the molecule is Cc1nn(C)c(Cl)c1C(O)CC1CCCc2ccccc21. The molecule has 0 saturated carbocycles. The van der Waals surface area contributed by atoms with Gasteiger partial charge in [-0.25, -0.2) is 0 Å². The number of benzene rings is 1. The van der Waals surface area contributed by atoms with E-state index in [0.29, 0.717) is 17.5 Å². The Morgan fingerprint density at radius 1 is 1.43 bits per heavy atom. The lowest BCUT2D eigenvalue weighted by atomic mass is 9.79. The van der Waals surface area contributed by atoms with Gasteiger partial charge in [0.25, 0.3) is 0 Å². The number of hydrogen-bond acceptors (Lipinski definition) is 2. The molecule has 1 aromatic heterocycles. The first-order chi connectivity index (χ1) is 10.1. The minimum Gasteiger partial charge on any atom is -0.388 e. The lowest BCUT2D eigenvalue weighted by Gasteiger charge is -2.27. The van der Waals surface area contributed by atoms with Crippen molar-refractivity contribution in [2.75, 3.05) is 0 Å². The molecule has 21 heavy (non-hydrogen) atoms. The van der Waals surface area contributed by atoms with E-state index in [1.54, 1.807) is 4.68 Å². The molecular formula is C17H21ClN2O. The van der Waals surface area contributed by atoms with Crippen molar-refractivity contribution >= 4 is 11.6 Å². The average Bonchev–Trinajstić information content (AvgIpc) is 2.72. The zero-order valence-corrected chi connectivity index (χ0v) is 13.3. The third kappa shape index (κ3) is 2.72. The molecule has 0 saturated heterocycles. The molecule has 4 heteroatoms. The van der Waals surface area contributed by atoms with E-state index in [1.165, 1.54) is 17.5 Å². The van der Waals surface area contributed by atoms with Gasteiger partial charge in [0.1, 0.15) is 5.15 Å². The Morgan fingerprint density at radius 2 is 2.19 bits per heavy atom. The number of aromatic nitrogens is 2. The van der Waals surface area contributed by atoms with E-state index >= 15 is 0 Å². The molecule has 3 nitrogen and oxygen atoms in total. The number of hydrogen-bond donors (Lipinski definition) is 1. The minimum atomic E-state index is -0.553. The van der Waals surface area contributed by atoms with Gasteiger partial charge >= 0.3 is 0 Å². The highest BCUT2D eigenvalue weighted by Gasteiger charge is 2.26. The van der Waals surface area contributed by atoms with E-state index in [4.69, 9.17) is 11.6 Å². The molecule has 0 bridgehead atoms. The number of aryl methyl sites for hydroxylation is 3. The summed E-state index contributed by atoms with van der Waals surface area (Å²) in [5.41, 5.74) is 4.41. The molecule has 3 rings (SSSR count). The van der Waals surface area contributed by atoms with Crippen LogP contribution in [0.2, 0.25) is 5.15 Å². The Morgan fingerprint density at radius 3 is 2.90 bits per heavy atom. The van der Waals surface area contributed by atoms with Crippen molar-refractivity contribution in [1.82, 2.24) is 9.78 Å². The molecule has 2 aromatic rings. The van der Waals surface area contributed by atoms with Gasteiger partial charge in [-0.05, 0) is 49.7 Å². The van der Waals surface area contributed by atoms with Crippen molar-refractivity contribution in [3.8, 4) is 0 Å². The fourth-order valence-corrected chi connectivity index (χ4v) is 3.81. The highest BCUT2D eigenvalue weighted by atomic mass is 35.5. The molecule has 2 unspecified atom stereocenters. The van der Waals surface area contributed by atoms with E-state index in [0.717, 1.165) is 24.1 Å². The smallest absolute Gasteiger partial charge is 0.132 e. The van der Waals surface area contributed by atoms with Crippen molar-refractivity contribution in [1.29, 1.82) is 0 Å². The number of aliphatic hydroxyl groups excluding tert-OH is 1. The molecule has 0 radical (unpaired) electrons. The zero-order chi connectivity index (χ0) is 15.0. The number of aliphatic hydroxyl groups is 1. The molecule has 0 spiro atoms. The molecule has 112 valence electrons. The van der Waals surface area contributed by atoms with Crippen LogP contribution in [-0.2, 0) is 13.5 Å². The van der Waals surface area contributed by atoms with Crippen LogP contribution in [0.3, 0.4) is 0 Å². The molecular weight excluding hydrogens is 284 g/mol. The zero-order valence-electron chi connectivity index (χ0n) is 12.5. The van der Waals surface area contributed by atoms with Gasteiger partial charge in [0.05, 0.1) is 11.8 Å². The number of nitrogens with zero attached hydrogens (tertiary/aromatic N) is 2. The molecule has 1 aliphatic carbocycles.